The maximum Gasteiger partial charge on any atom is 0.143 e. The molecule has 2 nitrogen and oxygen atoms in total. The van der Waals surface area contributed by atoms with Crippen LogP contribution >= 0.6 is 11.3 Å². The summed E-state index contributed by atoms with van der Waals surface area (Å²) in [6.45, 7) is 0. The lowest BCUT2D eigenvalue weighted by atomic mass is 9.96. The third-order valence-corrected chi connectivity index (χ3v) is 14.0. The summed E-state index contributed by atoms with van der Waals surface area (Å²) < 4.78 is 9.56. The van der Waals surface area contributed by atoms with E-state index in [1.807, 2.05) is 11.3 Å². The molecule has 0 unspecified atom stereocenters. The maximum absolute atomic E-state index is 6.92. The van der Waals surface area contributed by atoms with E-state index in [-0.39, 0.29) is 0 Å². The van der Waals surface area contributed by atoms with Gasteiger partial charge in [0.25, 0.3) is 0 Å². The topological polar surface area (TPSA) is 16.4 Å². The van der Waals surface area contributed by atoms with Gasteiger partial charge < -0.3 is 9.32 Å². The van der Waals surface area contributed by atoms with Crippen LogP contribution in [-0.2, 0) is 0 Å². The van der Waals surface area contributed by atoms with Crippen molar-refractivity contribution in [1.29, 1.82) is 0 Å². The van der Waals surface area contributed by atoms with E-state index in [1.165, 1.54) is 74.7 Å². The van der Waals surface area contributed by atoms with Gasteiger partial charge in [-0.2, -0.15) is 0 Å². The molecular weight excluding hydrogens is 783 g/mol. The van der Waals surface area contributed by atoms with Crippen LogP contribution in [0.3, 0.4) is 0 Å². The smallest absolute Gasteiger partial charge is 0.143 e. The number of furan rings is 1. The first-order chi connectivity index (χ1) is 31.2. The standard InChI is InChI=1S/C60H37NOS/c1-2-11-38(12-3-1)39-21-28-45(29-22-39)61(46-30-23-40(24-31-46)44-27-34-56-54(36-44)55-35-42-13-4-5-14-43(42)37-57(55)63-56)47-32-25-41(26-33-47)48-19-10-20-53-58-51-17-8-6-15-49(51)50-16-7-9-18-52(50)60(58)62-59(48)53/h1-37H. The van der Waals surface area contributed by atoms with Crippen LogP contribution in [0.25, 0.3) is 108 Å². The average molecular weight is 820 g/mol. The van der Waals surface area contributed by atoms with Crippen LogP contribution < -0.4 is 4.90 Å². The average Bonchev–Trinajstić information content (AvgIpc) is 3.93. The van der Waals surface area contributed by atoms with E-state index < -0.39 is 0 Å². The zero-order chi connectivity index (χ0) is 41.4. The predicted molar refractivity (Wildman–Crippen MR) is 270 cm³/mol. The van der Waals surface area contributed by atoms with Crippen molar-refractivity contribution in [3.8, 4) is 33.4 Å². The fourth-order valence-corrected chi connectivity index (χ4v) is 10.9. The Morgan fingerprint density at radius 1 is 0.302 bits per heavy atom. The van der Waals surface area contributed by atoms with Gasteiger partial charge in [-0.05, 0) is 115 Å². The lowest BCUT2D eigenvalue weighted by molar-refractivity contribution is 0.674. The lowest BCUT2D eigenvalue weighted by Gasteiger charge is -2.26. The first-order valence-corrected chi connectivity index (χ1v) is 22.3. The van der Waals surface area contributed by atoms with Crippen molar-refractivity contribution in [2.45, 2.75) is 0 Å². The summed E-state index contributed by atoms with van der Waals surface area (Å²) in [6.07, 6.45) is 0. The largest absolute Gasteiger partial charge is 0.455 e. The van der Waals surface area contributed by atoms with Gasteiger partial charge in [0.15, 0.2) is 0 Å². The van der Waals surface area contributed by atoms with Crippen LogP contribution in [-0.4, -0.2) is 0 Å². The number of thiophene rings is 1. The zero-order valence-corrected chi connectivity index (χ0v) is 34.9. The van der Waals surface area contributed by atoms with Crippen molar-refractivity contribution < 1.29 is 4.42 Å². The molecule has 63 heavy (non-hydrogen) atoms. The van der Waals surface area contributed by atoms with Gasteiger partial charge in [-0.25, -0.2) is 0 Å². The molecule has 0 saturated heterocycles. The zero-order valence-electron chi connectivity index (χ0n) is 34.1. The van der Waals surface area contributed by atoms with Gasteiger partial charge in [-0.15, -0.1) is 11.3 Å². The molecule has 3 heteroatoms. The molecule has 0 fully saturated rings. The highest BCUT2D eigenvalue weighted by atomic mass is 32.1. The molecule has 0 atom stereocenters. The molecule has 11 aromatic carbocycles. The van der Waals surface area contributed by atoms with Crippen molar-refractivity contribution in [2.75, 3.05) is 4.90 Å². The molecule has 13 aromatic rings. The molecule has 0 spiro atoms. The van der Waals surface area contributed by atoms with Gasteiger partial charge in [0.05, 0.1) is 0 Å². The molecule has 0 aliphatic carbocycles. The first kappa shape index (κ1) is 35.7. The second kappa shape index (κ2) is 14.3. The summed E-state index contributed by atoms with van der Waals surface area (Å²) in [5.41, 5.74) is 12.1. The molecule has 0 N–H and O–H groups in total. The highest BCUT2D eigenvalue weighted by Gasteiger charge is 2.19. The number of hydrogen-bond acceptors (Lipinski definition) is 3. The van der Waals surface area contributed by atoms with E-state index in [1.54, 1.807) is 0 Å². The molecule has 0 aliphatic rings. The molecule has 0 aliphatic heterocycles. The Balaban J connectivity index is 0.901. The molecule has 0 bridgehead atoms. The Labute approximate surface area is 368 Å². The predicted octanol–water partition coefficient (Wildman–Crippen LogP) is 17.9. The van der Waals surface area contributed by atoms with Gasteiger partial charge in [-0.1, -0.05) is 164 Å². The molecule has 2 heterocycles. The summed E-state index contributed by atoms with van der Waals surface area (Å²) >= 11 is 1.87. The molecule has 0 saturated carbocycles. The molecular formula is C60H37NOS. The molecule has 0 radical (unpaired) electrons. The van der Waals surface area contributed by atoms with Gasteiger partial charge >= 0.3 is 0 Å². The summed E-state index contributed by atoms with van der Waals surface area (Å²) in [5, 5.41) is 12.3. The van der Waals surface area contributed by atoms with Crippen LogP contribution in [0.4, 0.5) is 17.1 Å². The van der Waals surface area contributed by atoms with Crippen molar-refractivity contribution in [3.05, 3.63) is 224 Å². The van der Waals surface area contributed by atoms with Crippen LogP contribution in [0.15, 0.2) is 229 Å². The summed E-state index contributed by atoms with van der Waals surface area (Å²) in [5.74, 6) is 0. The van der Waals surface area contributed by atoms with Crippen LogP contribution in [0.5, 0.6) is 0 Å². The molecule has 294 valence electrons. The quantitative estimate of drug-likeness (QED) is 0.155. The van der Waals surface area contributed by atoms with Crippen LogP contribution in [0.1, 0.15) is 0 Å². The minimum atomic E-state index is 0.910. The van der Waals surface area contributed by atoms with Crippen molar-refractivity contribution in [1.82, 2.24) is 0 Å². The fraction of sp³-hybridized carbons (Fsp3) is 0. The Bertz CT molecular complexity index is 3880. The third kappa shape index (κ3) is 5.85. The molecule has 0 amide bonds. The molecule has 2 aromatic heterocycles. The van der Waals surface area contributed by atoms with E-state index in [4.69, 9.17) is 4.42 Å². The minimum absolute atomic E-state index is 0.910. The second-order valence-corrected chi connectivity index (χ2v) is 17.5. The monoisotopic (exact) mass is 819 g/mol. The minimum Gasteiger partial charge on any atom is -0.455 e. The number of rotatable bonds is 6. The summed E-state index contributed by atoms with van der Waals surface area (Å²) in [7, 11) is 0. The number of benzene rings is 11. The number of hydrogen-bond donors (Lipinski definition) is 0. The van der Waals surface area contributed by atoms with E-state index in [0.29, 0.717) is 0 Å². The highest BCUT2D eigenvalue weighted by Crippen LogP contribution is 2.45. The first-order valence-electron chi connectivity index (χ1n) is 21.5. The Kier molecular flexibility index (Phi) is 8.12. The number of fused-ring (bicyclic) bond motifs is 12. The Morgan fingerprint density at radius 3 is 1.51 bits per heavy atom. The van der Waals surface area contributed by atoms with Crippen molar-refractivity contribution in [3.63, 3.8) is 0 Å². The normalized spacial score (nSPS) is 11.8. The van der Waals surface area contributed by atoms with E-state index in [2.05, 4.69) is 229 Å². The third-order valence-electron chi connectivity index (χ3n) is 12.8. The van der Waals surface area contributed by atoms with Gasteiger partial charge in [0.1, 0.15) is 11.2 Å². The summed E-state index contributed by atoms with van der Waals surface area (Å²) in [6, 6.07) is 81.5. The van der Waals surface area contributed by atoms with Gasteiger partial charge in [0, 0.05) is 59.0 Å². The number of para-hydroxylation sites is 1. The second-order valence-electron chi connectivity index (χ2n) is 16.4. The van der Waals surface area contributed by atoms with Crippen molar-refractivity contribution in [2.24, 2.45) is 0 Å². The Morgan fingerprint density at radius 2 is 0.810 bits per heavy atom. The number of nitrogens with zero attached hydrogens (tertiary/aromatic N) is 1. The van der Waals surface area contributed by atoms with E-state index in [0.717, 1.165) is 50.1 Å². The van der Waals surface area contributed by atoms with Gasteiger partial charge in [-0.3, -0.25) is 0 Å². The van der Waals surface area contributed by atoms with Crippen molar-refractivity contribution >= 4 is 103 Å². The van der Waals surface area contributed by atoms with E-state index in [9.17, 15) is 0 Å². The molecule has 13 rings (SSSR count). The highest BCUT2D eigenvalue weighted by molar-refractivity contribution is 7.25. The number of anilines is 3. The Hall–Kier alpha value is -7.98. The fourth-order valence-electron chi connectivity index (χ4n) is 9.77. The van der Waals surface area contributed by atoms with Crippen LogP contribution in [0.2, 0.25) is 0 Å². The lowest BCUT2D eigenvalue weighted by Crippen LogP contribution is -2.09. The van der Waals surface area contributed by atoms with Crippen LogP contribution in [0, 0.1) is 0 Å². The SMILES string of the molecule is c1ccc(-c2ccc(N(c3ccc(-c4ccc5sc6cc7ccccc7cc6c5c4)cc3)c3ccc(-c4cccc5c4oc4c6ccccc6c6ccccc6c54)cc3)cc2)cc1. The summed E-state index contributed by atoms with van der Waals surface area (Å²) in [4.78, 5) is 2.35. The van der Waals surface area contributed by atoms with Gasteiger partial charge in [0.2, 0.25) is 0 Å². The van der Waals surface area contributed by atoms with E-state index >= 15 is 0 Å². The maximum atomic E-state index is 6.92.